The summed E-state index contributed by atoms with van der Waals surface area (Å²) in [6.07, 6.45) is 1.10. The minimum absolute atomic E-state index is 0.0845. The fourth-order valence-electron chi connectivity index (χ4n) is 3.91. The maximum atomic E-state index is 12.4. The molecule has 2 heterocycles. The number of nitrogens with zero attached hydrogens (tertiary/aromatic N) is 2. The number of aromatic amines is 1. The third-order valence-electron chi connectivity index (χ3n) is 5.35. The fourth-order valence-corrected chi connectivity index (χ4v) is 3.91. The fraction of sp³-hybridized carbons (Fsp3) is 0.318. The van der Waals surface area contributed by atoms with Crippen molar-refractivity contribution in [2.75, 3.05) is 13.1 Å². The predicted molar refractivity (Wildman–Crippen MR) is 112 cm³/mol. The molecule has 1 fully saturated rings. The second-order valence-corrected chi connectivity index (χ2v) is 7.45. The number of amides is 1. The standard InChI is InChI=1S/C22H24N4O3/c27-20(23-17-10-12-25(15-17)14-16-6-2-1-3-7-16)11-13-26-19-9-5-4-8-18(19)21(28)24-22(26)29/h1-9,17H,10-15H2,(H,23,27)(H,24,28,29). The van der Waals surface area contributed by atoms with Gasteiger partial charge in [0.15, 0.2) is 0 Å². The molecule has 2 aromatic carbocycles. The van der Waals surface area contributed by atoms with Gasteiger partial charge in [-0.1, -0.05) is 42.5 Å². The van der Waals surface area contributed by atoms with Crippen LogP contribution in [0.3, 0.4) is 0 Å². The van der Waals surface area contributed by atoms with E-state index in [2.05, 4.69) is 27.3 Å². The molecule has 7 heteroatoms. The van der Waals surface area contributed by atoms with Crippen LogP contribution in [0.1, 0.15) is 18.4 Å². The van der Waals surface area contributed by atoms with E-state index in [0.29, 0.717) is 10.9 Å². The minimum atomic E-state index is -0.489. The van der Waals surface area contributed by atoms with Gasteiger partial charge in [0.2, 0.25) is 5.91 Å². The van der Waals surface area contributed by atoms with Crippen LogP contribution in [0.2, 0.25) is 0 Å². The summed E-state index contributed by atoms with van der Waals surface area (Å²) in [4.78, 5) is 41.2. The van der Waals surface area contributed by atoms with Crippen molar-refractivity contribution in [2.24, 2.45) is 0 Å². The number of para-hydroxylation sites is 1. The first-order valence-corrected chi connectivity index (χ1v) is 9.87. The van der Waals surface area contributed by atoms with E-state index in [4.69, 9.17) is 0 Å². The Kier molecular flexibility index (Phi) is 5.57. The molecule has 1 atom stereocenters. The number of likely N-dealkylation sites (tertiary alicyclic amines) is 1. The molecule has 4 rings (SSSR count). The number of hydrogen-bond donors (Lipinski definition) is 2. The molecule has 1 aromatic heterocycles. The average Bonchev–Trinajstić information content (AvgIpc) is 3.15. The van der Waals surface area contributed by atoms with E-state index in [1.165, 1.54) is 10.1 Å². The molecule has 29 heavy (non-hydrogen) atoms. The number of H-pyrrole nitrogens is 1. The number of carbonyl (C=O) groups is 1. The van der Waals surface area contributed by atoms with Gasteiger partial charge in [-0.15, -0.1) is 0 Å². The molecule has 0 bridgehead atoms. The Morgan fingerprint density at radius 3 is 2.66 bits per heavy atom. The molecule has 1 amide bonds. The van der Waals surface area contributed by atoms with Crippen molar-refractivity contribution in [3.8, 4) is 0 Å². The maximum absolute atomic E-state index is 12.4. The molecule has 1 unspecified atom stereocenters. The highest BCUT2D eigenvalue weighted by Gasteiger charge is 2.23. The minimum Gasteiger partial charge on any atom is -0.352 e. The first-order chi connectivity index (χ1) is 14.1. The zero-order chi connectivity index (χ0) is 20.2. The molecule has 3 aromatic rings. The molecule has 1 aliphatic heterocycles. The van der Waals surface area contributed by atoms with E-state index in [1.54, 1.807) is 24.3 Å². The van der Waals surface area contributed by atoms with Crippen LogP contribution in [0.15, 0.2) is 64.2 Å². The molecular formula is C22H24N4O3. The summed E-state index contributed by atoms with van der Waals surface area (Å²) in [5.41, 5.74) is 0.917. The smallest absolute Gasteiger partial charge is 0.328 e. The lowest BCUT2D eigenvalue weighted by Gasteiger charge is -2.17. The number of benzene rings is 2. The molecule has 2 N–H and O–H groups in total. The highest BCUT2D eigenvalue weighted by Crippen LogP contribution is 2.14. The highest BCUT2D eigenvalue weighted by atomic mass is 16.2. The number of nitrogens with one attached hydrogen (secondary N) is 2. The number of fused-ring (bicyclic) bond motifs is 1. The summed E-state index contributed by atoms with van der Waals surface area (Å²) >= 11 is 0. The third kappa shape index (κ3) is 4.46. The first-order valence-electron chi connectivity index (χ1n) is 9.87. The van der Waals surface area contributed by atoms with E-state index < -0.39 is 11.2 Å². The van der Waals surface area contributed by atoms with Gasteiger partial charge >= 0.3 is 5.69 Å². The second-order valence-electron chi connectivity index (χ2n) is 7.45. The van der Waals surface area contributed by atoms with Crippen LogP contribution in [0.25, 0.3) is 10.9 Å². The summed E-state index contributed by atoms with van der Waals surface area (Å²) in [6.45, 7) is 2.88. The summed E-state index contributed by atoms with van der Waals surface area (Å²) in [7, 11) is 0. The molecule has 1 saturated heterocycles. The van der Waals surface area contributed by atoms with Crippen LogP contribution in [0, 0.1) is 0 Å². The molecular weight excluding hydrogens is 368 g/mol. The van der Waals surface area contributed by atoms with Gasteiger partial charge in [-0.2, -0.15) is 0 Å². The number of carbonyl (C=O) groups excluding carboxylic acids is 1. The maximum Gasteiger partial charge on any atom is 0.328 e. The van der Waals surface area contributed by atoms with Gasteiger partial charge in [0.05, 0.1) is 10.9 Å². The number of aryl methyl sites for hydroxylation is 1. The molecule has 0 radical (unpaired) electrons. The second kappa shape index (κ2) is 8.45. The summed E-state index contributed by atoms with van der Waals surface area (Å²) in [6, 6.07) is 17.3. The van der Waals surface area contributed by atoms with Gasteiger partial charge in [0.25, 0.3) is 5.56 Å². The molecule has 0 aliphatic carbocycles. The molecule has 1 aliphatic rings. The molecule has 0 spiro atoms. The first kappa shape index (κ1) is 19.1. The number of aromatic nitrogens is 2. The lowest BCUT2D eigenvalue weighted by Crippen LogP contribution is -2.38. The van der Waals surface area contributed by atoms with E-state index in [0.717, 1.165) is 26.1 Å². The van der Waals surface area contributed by atoms with Crippen LogP contribution in [-0.2, 0) is 17.9 Å². The zero-order valence-electron chi connectivity index (χ0n) is 16.1. The van der Waals surface area contributed by atoms with Crippen LogP contribution in [0.5, 0.6) is 0 Å². The number of hydrogen-bond acceptors (Lipinski definition) is 4. The quantitative estimate of drug-likeness (QED) is 0.665. The van der Waals surface area contributed by atoms with Crippen molar-refractivity contribution < 1.29 is 4.79 Å². The largest absolute Gasteiger partial charge is 0.352 e. The van der Waals surface area contributed by atoms with Crippen molar-refractivity contribution in [2.45, 2.75) is 32.0 Å². The van der Waals surface area contributed by atoms with Crippen molar-refractivity contribution >= 4 is 16.8 Å². The van der Waals surface area contributed by atoms with Crippen molar-refractivity contribution in [3.63, 3.8) is 0 Å². The average molecular weight is 392 g/mol. The van der Waals surface area contributed by atoms with Crippen LogP contribution < -0.4 is 16.6 Å². The number of rotatable bonds is 6. The SMILES string of the molecule is O=C(CCn1c(=O)[nH]c(=O)c2ccccc21)NC1CCN(Cc2ccccc2)C1. The van der Waals surface area contributed by atoms with Crippen LogP contribution in [0.4, 0.5) is 0 Å². The van der Waals surface area contributed by atoms with Crippen molar-refractivity contribution in [1.29, 1.82) is 0 Å². The Morgan fingerprint density at radius 2 is 1.83 bits per heavy atom. The summed E-state index contributed by atoms with van der Waals surface area (Å²) < 4.78 is 1.45. The Morgan fingerprint density at radius 1 is 1.07 bits per heavy atom. The highest BCUT2D eigenvalue weighted by molar-refractivity contribution is 5.79. The van der Waals surface area contributed by atoms with Crippen LogP contribution in [-0.4, -0.2) is 39.5 Å². The summed E-state index contributed by atoms with van der Waals surface area (Å²) in [5.74, 6) is -0.0845. The van der Waals surface area contributed by atoms with Gasteiger partial charge in [-0.3, -0.25) is 24.0 Å². The van der Waals surface area contributed by atoms with Crippen molar-refractivity contribution in [1.82, 2.24) is 19.8 Å². The lowest BCUT2D eigenvalue weighted by molar-refractivity contribution is -0.121. The Bertz CT molecular complexity index is 1120. The topological polar surface area (TPSA) is 87.2 Å². The summed E-state index contributed by atoms with van der Waals surface area (Å²) in [5, 5.41) is 3.52. The normalized spacial score (nSPS) is 16.9. The van der Waals surface area contributed by atoms with Gasteiger partial charge in [0, 0.05) is 38.6 Å². The van der Waals surface area contributed by atoms with E-state index in [-0.39, 0.29) is 24.9 Å². The van der Waals surface area contributed by atoms with Gasteiger partial charge < -0.3 is 5.32 Å². The van der Waals surface area contributed by atoms with Gasteiger partial charge in [-0.05, 0) is 24.1 Å². The zero-order valence-corrected chi connectivity index (χ0v) is 16.1. The Hall–Kier alpha value is -3.19. The monoisotopic (exact) mass is 392 g/mol. The Labute approximate surface area is 168 Å². The molecule has 7 nitrogen and oxygen atoms in total. The van der Waals surface area contributed by atoms with Gasteiger partial charge in [0.1, 0.15) is 0 Å². The van der Waals surface area contributed by atoms with E-state index >= 15 is 0 Å². The van der Waals surface area contributed by atoms with E-state index in [9.17, 15) is 14.4 Å². The molecule has 0 saturated carbocycles. The lowest BCUT2D eigenvalue weighted by atomic mass is 10.2. The molecule has 150 valence electrons. The van der Waals surface area contributed by atoms with Crippen molar-refractivity contribution in [3.05, 3.63) is 81.0 Å². The van der Waals surface area contributed by atoms with E-state index in [1.807, 2.05) is 18.2 Å². The Balaban J connectivity index is 1.34. The third-order valence-corrected chi connectivity index (χ3v) is 5.35. The van der Waals surface area contributed by atoms with Crippen LogP contribution >= 0.6 is 0 Å². The van der Waals surface area contributed by atoms with Gasteiger partial charge in [-0.25, -0.2) is 4.79 Å². The predicted octanol–water partition coefficient (Wildman–Crippen LogP) is 1.47.